The zero-order chi connectivity index (χ0) is 32.3. The molecule has 11 nitrogen and oxygen atoms in total. The number of hydrogen-bond acceptors (Lipinski definition) is 7. The van der Waals surface area contributed by atoms with Crippen LogP contribution in [0, 0.1) is 11.7 Å². The van der Waals surface area contributed by atoms with E-state index < -0.39 is 58.3 Å². The molecule has 5 rings (SSSR count). The van der Waals surface area contributed by atoms with Crippen LogP contribution in [0.3, 0.4) is 0 Å². The molecule has 2 fully saturated rings. The molecule has 3 amide bonds. The summed E-state index contributed by atoms with van der Waals surface area (Å²) in [6.07, 6.45) is 5.26. The predicted octanol–water partition coefficient (Wildman–Crippen LogP) is 2.66. The molecule has 1 aromatic heterocycles. The van der Waals surface area contributed by atoms with Crippen molar-refractivity contribution in [2.75, 3.05) is 19.6 Å². The number of aromatic nitrogens is 1. The van der Waals surface area contributed by atoms with Crippen LogP contribution in [0.1, 0.15) is 60.8 Å². The Morgan fingerprint density at radius 2 is 1.91 bits per heavy atom. The van der Waals surface area contributed by atoms with Crippen molar-refractivity contribution in [2.45, 2.75) is 56.2 Å². The second-order valence-electron chi connectivity index (χ2n) is 11.4. The van der Waals surface area contributed by atoms with Crippen molar-refractivity contribution in [3.63, 3.8) is 0 Å². The normalized spacial score (nSPS) is 19.2. The van der Waals surface area contributed by atoms with Gasteiger partial charge in [0.1, 0.15) is 17.6 Å². The lowest BCUT2D eigenvalue weighted by atomic mass is 10.00. The standard InChI is InChI=1S/C32H36FN5O6S/c1-3-35-45(43,44)25-11-8-21(7-6-20-4-5-20)26(16-25)19(2)36-32(42)29-15-24(39)18-38(29)30(40)17-34-31(41)28-12-9-22-14-23(33)10-13-27(22)37-28/h6-14,16,19-20,24,29,35,39H,3-5,15,17-18H2,1-2H3,(H,34,41)(H,36,42)/b7-6+/t19-,24+,29-/m0/s1. The molecule has 2 heterocycles. The number of aliphatic hydroxyl groups is 1. The number of fused-ring (bicyclic) bond motifs is 1. The molecule has 1 saturated heterocycles. The summed E-state index contributed by atoms with van der Waals surface area (Å²) in [5.74, 6) is -1.65. The van der Waals surface area contributed by atoms with Crippen molar-refractivity contribution in [3.8, 4) is 0 Å². The lowest BCUT2D eigenvalue weighted by Crippen LogP contribution is -2.49. The van der Waals surface area contributed by atoms with Gasteiger partial charge in [0.25, 0.3) is 5.91 Å². The van der Waals surface area contributed by atoms with Crippen LogP contribution in [0.2, 0.25) is 0 Å². The van der Waals surface area contributed by atoms with Crippen molar-refractivity contribution in [3.05, 3.63) is 77.2 Å². The monoisotopic (exact) mass is 637 g/mol. The highest BCUT2D eigenvalue weighted by molar-refractivity contribution is 7.89. The summed E-state index contributed by atoms with van der Waals surface area (Å²) in [6.45, 7) is 3.11. The highest BCUT2D eigenvalue weighted by Crippen LogP contribution is 2.32. The zero-order valence-corrected chi connectivity index (χ0v) is 25.8. The van der Waals surface area contributed by atoms with Crippen molar-refractivity contribution in [1.29, 1.82) is 0 Å². The number of sulfonamides is 1. The van der Waals surface area contributed by atoms with Gasteiger partial charge in [0.05, 0.1) is 29.1 Å². The molecule has 45 heavy (non-hydrogen) atoms. The molecule has 238 valence electrons. The third kappa shape index (κ3) is 7.72. The smallest absolute Gasteiger partial charge is 0.270 e. The third-order valence-electron chi connectivity index (χ3n) is 7.88. The van der Waals surface area contributed by atoms with Gasteiger partial charge in [0, 0.05) is 24.9 Å². The summed E-state index contributed by atoms with van der Waals surface area (Å²) >= 11 is 0. The lowest BCUT2D eigenvalue weighted by molar-refractivity contribution is -0.138. The number of pyridine rings is 1. The number of allylic oxidation sites excluding steroid dienone is 1. The molecule has 2 aliphatic rings. The first-order valence-corrected chi connectivity index (χ1v) is 16.4. The maximum atomic E-state index is 13.5. The SMILES string of the molecule is CCNS(=O)(=O)c1ccc(/C=C/C2CC2)c([C@H](C)NC(=O)[C@@H]2C[C@@H](O)CN2C(=O)CNC(=O)c2ccc3cc(F)ccc3n2)c1. The molecule has 0 bridgehead atoms. The fourth-order valence-corrected chi connectivity index (χ4v) is 6.42. The van der Waals surface area contributed by atoms with Crippen LogP contribution in [0.4, 0.5) is 4.39 Å². The fourth-order valence-electron chi connectivity index (χ4n) is 5.34. The quantitative estimate of drug-likeness (QED) is 0.252. The van der Waals surface area contributed by atoms with E-state index in [0.29, 0.717) is 22.4 Å². The molecular weight excluding hydrogens is 601 g/mol. The number of aliphatic hydroxyl groups excluding tert-OH is 1. The summed E-state index contributed by atoms with van der Waals surface area (Å²) in [4.78, 5) is 44.9. The van der Waals surface area contributed by atoms with Crippen molar-refractivity contribution in [1.82, 2.24) is 25.2 Å². The molecule has 4 N–H and O–H groups in total. The summed E-state index contributed by atoms with van der Waals surface area (Å²) in [6, 6.07) is 10.1. The number of β-amino-alcohol motifs (C(OH)–C–C–N with tert-alkyl or cyclic N) is 1. The van der Waals surface area contributed by atoms with Gasteiger partial charge >= 0.3 is 0 Å². The molecule has 1 aliphatic heterocycles. The minimum Gasteiger partial charge on any atom is -0.391 e. The molecule has 13 heteroatoms. The van der Waals surface area contributed by atoms with Gasteiger partial charge in [0.15, 0.2) is 0 Å². The number of halogens is 1. The minimum atomic E-state index is -3.75. The number of carbonyl (C=O) groups is 3. The Balaban J connectivity index is 1.27. The van der Waals surface area contributed by atoms with E-state index in [-0.39, 0.29) is 30.1 Å². The van der Waals surface area contributed by atoms with Gasteiger partial charge in [-0.15, -0.1) is 0 Å². The Morgan fingerprint density at radius 1 is 1.13 bits per heavy atom. The summed E-state index contributed by atoms with van der Waals surface area (Å²) < 4.78 is 41.4. The number of benzene rings is 2. The van der Waals surface area contributed by atoms with Gasteiger partial charge in [-0.3, -0.25) is 14.4 Å². The zero-order valence-electron chi connectivity index (χ0n) is 25.0. The number of amides is 3. The predicted molar refractivity (Wildman–Crippen MR) is 166 cm³/mol. The van der Waals surface area contributed by atoms with Crippen LogP contribution in [0.25, 0.3) is 17.0 Å². The molecular formula is C32H36FN5O6S. The first kappa shape index (κ1) is 32.2. The Kier molecular flexibility index (Phi) is 9.61. The summed E-state index contributed by atoms with van der Waals surface area (Å²) in [7, 11) is -3.75. The average Bonchev–Trinajstić information content (AvgIpc) is 3.76. The first-order valence-electron chi connectivity index (χ1n) is 14.9. The van der Waals surface area contributed by atoms with Gasteiger partial charge in [-0.2, -0.15) is 0 Å². The van der Waals surface area contributed by atoms with E-state index in [1.165, 1.54) is 41.3 Å². The molecule has 0 spiro atoms. The Morgan fingerprint density at radius 3 is 2.64 bits per heavy atom. The lowest BCUT2D eigenvalue weighted by Gasteiger charge is -2.26. The Labute approximate surface area is 261 Å². The molecule has 1 saturated carbocycles. The second kappa shape index (κ2) is 13.4. The number of nitrogens with one attached hydrogen (secondary N) is 3. The molecule has 3 aromatic rings. The van der Waals surface area contributed by atoms with E-state index in [1.807, 2.05) is 6.08 Å². The Bertz CT molecular complexity index is 1760. The maximum absolute atomic E-state index is 13.5. The van der Waals surface area contributed by atoms with Crippen LogP contribution >= 0.6 is 0 Å². The van der Waals surface area contributed by atoms with Gasteiger partial charge < -0.3 is 20.6 Å². The number of rotatable bonds is 11. The molecule has 0 unspecified atom stereocenters. The first-order chi connectivity index (χ1) is 21.4. The van der Waals surface area contributed by atoms with Crippen LogP contribution in [0.5, 0.6) is 0 Å². The van der Waals surface area contributed by atoms with Crippen LogP contribution in [0.15, 0.2) is 59.5 Å². The minimum absolute atomic E-state index is 0.00427. The molecule has 1 aliphatic carbocycles. The highest BCUT2D eigenvalue weighted by atomic mass is 32.2. The van der Waals surface area contributed by atoms with Crippen LogP contribution < -0.4 is 15.4 Å². The van der Waals surface area contributed by atoms with Gasteiger partial charge in [-0.25, -0.2) is 22.5 Å². The van der Waals surface area contributed by atoms with Crippen molar-refractivity contribution in [2.24, 2.45) is 5.92 Å². The second-order valence-corrected chi connectivity index (χ2v) is 13.2. The van der Waals surface area contributed by atoms with E-state index >= 15 is 0 Å². The van der Waals surface area contributed by atoms with E-state index in [2.05, 4.69) is 26.4 Å². The van der Waals surface area contributed by atoms with Crippen molar-refractivity contribution >= 4 is 44.7 Å². The number of likely N-dealkylation sites (tertiary alicyclic amines) is 1. The number of hydrogen-bond donors (Lipinski definition) is 4. The third-order valence-corrected chi connectivity index (χ3v) is 9.43. The van der Waals surface area contributed by atoms with E-state index in [4.69, 9.17) is 0 Å². The van der Waals surface area contributed by atoms with Crippen LogP contribution in [-0.4, -0.2) is 72.9 Å². The highest BCUT2D eigenvalue weighted by Gasteiger charge is 2.39. The molecule has 0 radical (unpaired) electrons. The van der Waals surface area contributed by atoms with Crippen LogP contribution in [-0.2, 0) is 19.6 Å². The van der Waals surface area contributed by atoms with Gasteiger partial charge in [0.2, 0.25) is 21.8 Å². The van der Waals surface area contributed by atoms with E-state index in [9.17, 15) is 32.3 Å². The van der Waals surface area contributed by atoms with E-state index in [0.717, 1.165) is 18.4 Å². The topological polar surface area (TPSA) is 158 Å². The maximum Gasteiger partial charge on any atom is 0.270 e. The van der Waals surface area contributed by atoms with Gasteiger partial charge in [-0.05, 0) is 73.2 Å². The van der Waals surface area contributed by atoms with Crippen molar-refractivity contribution < 1.29 is 32.3 Å². The average molecular weight is 638 g/mol. The largest absolute Gasteiger partial charge is 0.391 e. The van der Waals surface area contributed by atoms with Gasteiger partial charge in [-0.1, -0.05) is 31.2 Å². The molecule has 2 aromatic carbocycles. The Hall–Kier alpha value is -4.20. The summed E-state index contributed by atoms with van der Waals surface area (Å²) in [5.41, 5.74) is 1.81. The number of nitrogens with zero attached hydrogens (tertiary/aromatic N) is 2. The number of carbonyl (C=O) groups excluding carboxylic acids is 3. The fraction of sp³-hybridized carbons (Fsp3) is 0.375. The molecule has 3 atom stereocenters. The van der Waals surface area contributed by atoms with E-state index in [1.54, 1.807) is 26.0 Å². The summed E-state index contributed by atoms with van der Waals surface area (Å²) in [5, 5.41) is 16.3.